The molecule has 0 aromatic carbocycles. The first kappa shape index (κ1) is 21.3. The first-order valence-corrected chi connectivity index (χ1v) is 10.8. The molecule has 1 fully saturated rings. The average Bonchev–Trinajstić information content (AvgIpc) is 3.35. The third-order valence-electron chi connectivity index (χ3n) is 6.15. The van der Waals surface area contributed by atoms with E-state index in [2.05, 4.69) is 13.0 Å². The van der Waals surface area contributed by atoms with Gasteiger partial charge in [-0.1, -0.05) is 6.92 Å². The molecule has 0 radical (unpaired) electrons. The summed E-state index contributed by atoms with van der Waals surface area (Å²) in [5.74, 6) is 0.655. The minimum absolute atomic E-state index is 0.182. The van der Waals surface area contributed by atoms with Crippen molar-refractivity contribution in [2.24, 2.45) is 0 Å². The summed E-state index contributed by atoms with van der Waals surface area (Å²) in [6, 6.07) is 2.05. The summed E-state index contributed by atoms with van der Waals surface area (Å²) < 4.78 is 1.91. The van der Waals surface area contributed by atoms with E-state index in [9.17, 15) is 9.59 Å². The Morgan fingerprint density at radius 3 is 2.59 bits per heavy atom. The van der Waals surface area contributed by atoms with E-state index < -0.39 is 0 Å². The summed E-state index contributed by atoms with van der Waals surface area (Å²) in [7, 11) is 0. The second-order valence-electron chi connectivity index (χ2n) is 7.85. The van der Waals surface area contributed by atoms with Crippen LogP contribution in [0, 0.1) is 13.8 Å². The van der Waals surface area contributed by atoms with Gasteiger partial charge in [-0.05, 0) is 46.1 Å². The van der Waals surface area contributed by atoms with E-state index in [1.807, 2.05) is 42.0 Å². The molecule has 0 unspecified atom stereocenters. The lowest BCUT2D eigenvalue weighted by Gasteiger charge is -2.19. The van der Waals surface area contributed by atoms with E-state index in [-0.39, 0.29) is 17.7 Å². The highest BCUT2D eigenvalue weighted by Crippen LogP contribution is 2.28. The maximum Gasteiger partial charge on any atom is 0.222 e. The van der Waals surface area contributed by atoms with Gasteiger partial charge in [-0.25, -0.2) is 9.50 Å². The Hall–Kier alpha value is -2.44. The van der Waals surface area contributed by atoms with Crippen molar-refractivity contribution < 1.29 is 9.59 Å². The van der Waals surface area contributed by atoms with Gasteiger partial charge in [0.15, 0.2) is 5.65 Å². The predicted molar refractivity (Wildman–Crippen MR) is 113 cm³/mol. The van der Waals surface area contributed by atoms with E-state index >= 15 is 0 Å². The Morgan fingerprint density at radius 2 is 1.93 bits per heavy atom. The number of fused-ring (bicyclic) bond motifs is 1. The molecule has 1 saturated heterocycles. The number of likely N-dealkylation sites (tertiary alicyclic amines) is 1. The number of hydrogen-bond donors (Lipinski definition) is 0. The molecule has 0 bridgehead atoms. The number of rotatable bonds is 7. The van der Waals surface area contributed by atoms with Crippen molar-refractivity contribution >= 4 is 17.5 Å². The fourth-order valence-corrected chi connectivity index (χ4v) is 4.32. The molecule has 0 saturated carbocycles. The van der Waals surface area contributed by atoms with Crippen LogP contribution in [0.15, 0.2) is 6.07 Å². The fourth-order valence-electron chi connectivity index (χ4n) is 4.32. The smallest absolute Gasteiger partial charge is 0.222 e. The highest BCUT2D eigenvalue weighted by molar-refractivity contribution is 5.76. The van der Waals surface area contributed by atoms with E-state index in [0.717, 1.165) is 60.9 Å². The number of aromatic nitrogens is 3. The second kappa shape index (κ2) is 8.93. The minimum atomic E-state index is 0.182. The monoisotopic (exact) mass is 399 g/mol. The van der Waals surface area contributed by atoms with Crippen molar-refractivity contribution in [1.82, 2.24) is 24.4 Å². The van der Waals surface area contributed by atoms with Crippen LogP contribution in [0.5, 0.6) is 0 Å². The van der Waals surface area contributed by atoms with Crippen molar-refractivity contribution in [3.63, 3.8) is 0 Å². The van der Waals surface area contributed by atoms with Crippen molar-refractivity contribution in [2.75, 3.05) is 26.2 Å². The van der Waals surface area contributed by atoms with Gasteiger partial charge >= 0.3 is 0 Å². The molecule has 2 aromatic heterocycles. The molecule has 0 N–H and O–H groups in total. The van der Waals surface area contributed by atoms with Gasteiger partial charge in [0.05, 0.1) is 5.69 Å². The zero-order valence-electron chi connectivity index (χ0n) is 18.4. The number of carbonyl (C=O) groups is 2. The van der Waals surface area contributed by atoms with Gasteiger partial charge in [-0.3, -0.25) is 9.59 Å². The van der Waals surface area contributed by atoms with Crippen LogP contribution in [0.3, 0.4) is 0 Å². The molecule has 29 heavy (non-hydrogen) atoms. The Labute approximate surface area is 173 Å². The van der Waals surface area contributed by atoms with Gasteiger partial charge in [0.25, 0.3) is 0 Å². The van der Waals surface area contributed by atoms with Crippen molar-refractivity contribution in [1.29, 1.82) is 0 Å². The van der Waals surface area contributed by atoms with Gasteiger partial charge in [0, 0.05) is 62.4 Å². The molecule has 3 rings (SSSR count). The van der Waals surface area contributed by atoms with Gasteiger partial charge in [0.1, 0.15) is 0 Å². The van der Waals surface area contributed by atoms with Crippen molar-refractivity contribution in [3.05, 3.63) is 28.7 Å². The Morgan fingerprint density at radius 1 is 1.21 bits per heavy atom. The molecule has 2 amide bonds. The fraction of sp³-hybridized carbons (Fsp3) is 0.636. The van der Waals surface area contributed by atoms with E-state index in [4.69, 9.17) is 10.1 Å². The maximum atomic E-state index is 12.4. The SMILES string of the molecule is CCC(=O)N1CC[C@H](c2cc3nc(C)c(CCC(=O)N(CC)CC)c(C)n3n2)C1. The topological polar surface area (TPSA) is 70.8 Å². The van der Waals surface area contributed by atoms with Crippen LogP contribution in [-0.2, 0) is 16.0 Å². The van der Waals surface area contributed by atoms with Crippen LogP contribution < -0.4 is 0 Å². The molecule has 1 aliphatic heterocycles. The third kappa shape index (κ3) is 4.28. The molecular weight excluding hydrogens is 366 g/mol. The zero-order valence-corrected chi connectivity index (χ0v) is 18.4. The lowest BCUT2D eigenvalue weighted by atomic mass is 10.1. The summed E-state index contributed by atoms with van der Waals surface area (Å²) in [4.78, 5) is 32.9. The summed E-state index contributed by atoms with van der Waals surface area (Å²) in [6.07, 6.45) is 2.65. The third-order valence-corrected chi connectivity index (χ3v) is 6.15. The summed E-state index contributed by atoms with van der Waals surface area (Å²) in [5, 5.41) is 4.83. The summed E-state index contributed by atoms with van der Waals surface area (Å²) in [6.45, 7) is 13.0. The van der Waals surface area contributed by atoms with E-state index in [1.54, 1.807) is 0 Å². The van der Waals surface area contributed by atoms with Crippen molar-refractivity contribution in [3.8, 4) is 0 Å². The Balaban J connectivity index is 1.80. The van der Waals surface area contributed by atoms with Crippen LogP contribution in [0.1, 0.15) is 68.6 Å². The molecular formula is C22H33N5O2. The number of amides is 2. The lowest BCUT2D eigenvalue weighted by Crippen LogP contribution is -2.30. The van der Waals surface area contributed by atoms with Crippen LogP contribution in [0.4, 0.5) is 0 Å². The van der Waals surface area contributed by atoms with Crippen LogP contribution in [0.25, 0.3) is 5.65 Å². The van der Waals surface area contributed by atoms with Crippen LogP contribution >= 0.6 is 0 Å². The zero-order chi connectivity index (χ0) is 21.1. The molecule has 7 nitrogen and oxygen atoms in total. The molecule has 2 aromatic rings. The van der Waals surface area contributed by atoms with Crippen molar-refractivity contribution in [2.45, 2.75) is 66.2 Å². The maximum absolute atomic E-state index is 12.4. The van der Waals surface area contributed by atoms with Gasteiger partial charge in [-0.2, -0.15) is 5.10 Å². The quantitative estimate of drug-likeness (QED) is 0.718. The Kier molecular flexibility index (Phi) is 6.55. The summed E-state index contributed by atoms with van der Waals surface area (Å²) >= 11 is 0. The van der Waals surface area contributed by atoms with Gasteiger partial charge in [-0.15, -0.1) is 0 Å². The average molecular weight is 400 g/mol. The van der Waals surface area contributed by atoms with E-state index in [0.29, 0.717) is 19.3 Å². The highest BCUT2D eigenvalue weighted by Gasteiger charge is 2.28. The number of nitrogens with zero attached hydrogens (tertiary/aromatic N) is 5. The lowest BCUT2D eigenvalue weighted by molar-refractivity contribution is -0.131. The first-order valence-electron chi connectivity index (χ1n) is 10.8. The standard InChI is InChI=1S/C22H33N5O2/c1-6-21(28)26-12-11-17(14-26)19-13-20-23-15(4)18(16(5)27(20)24-19)9-10-22(29)25(7-2)8-3/h13,17H,6-12,14H2,1-5H3/t17-/m0/s1. The van der Waals surface area contributed by atoms with E-state index in [1.165, 1.54) is 0 Å². The number of carbonyl (C=O) groups excluding carboxylic acids is 2. The molecule has 1 atom stereocenters. The molecule has 158 valence electrons. The van der Waals surface area contributed by atoms with Crippen LogP contribution in [0.2, 0.25) is 0 Å². The van der Waals surface area contributed by atoms with Crippen LogP contribution in [-0.4, -0.2) is 62.4 Å². The number of aryl methyl sites for hydroxylation is 2. The number of hydrogen-bond acceptors (Lipinski definition) is 4. The molecule has 1 aliphatic rings. The molecule has 0 spiro atoms. The van der Waals surface area contributed by atoms with Gasteiger partial charge < -0.3 is 9.80 Å². The molecule has 7 heteroatoms. The normalized spacial score (nSPS) is 16.6. The minimum Gasteiger partial charge on any atom is -0.343 e. The molecule has 3 heterocycles. The predicted octanol–water partition coefficient (Wildman–Crippen LogP) is 2.87. The largest absolute Gasteiger partial charge is 0.343 e. The Bertz CT molecular complexity index is 900. The van der Waals surface area contributed by atoms with Gasteiger partial charge in [0.2, 0.25) is 11.8 Å². The summed E-state index contributed by atoms with van der Waals surface area (Å²) in [5.41, 5.74) is 4.95. The first-order chi connectivity index (χ1) is 13.9. The second-order valence-corrected chi connectivity index (χ2v) is 7.85. The molecule has 0 aliphatic carbocycles. The highest BCUT2D eigenvalue weighted by atomic mass is 16.2.